The van der Waals surface area contributed by atoms with E-state index in [9.17, 15) is 18.7 Å². The minimum atomic E-state index is -1.62. The highest BCUT2D eigenvalue weighted by Crippen LogP contribution is 2.23. The van der Waals surface area contributed by atoms with Gasteiger partial charge in [0.1, 0.15) is 23.8 Å². The number of ether oxygens (including phenoxy) is 1. The number of aliphatic hydroxyl groups is 1. The number of carbonyl (C=O) groups is 1. The summed E-state index contributed by atoms with van der Waals surface area (Å²) in [6.45, 7) is 1.11. The first-order valence-electron chi connectivity index (χ1n) is 7.45. The average Bonchev–Trinajstić information content (AvgIpc) is 2.96. The standard InChI is InChI=1S/C16H21F2NO3/c1-16(21,13-7-6-11(17)8-14(13)18)10-19-15(20)9-22-12-4-2-3-5-12/h6-8,12,21H,2-5,9-10H2,1H3,(H,19,20)/t16-/m0/s1. The molecule has 0 bridgehead atoms. The monoisotopic (exact) mass is 313 g/mol. The minimum absolute atomic E-state index is 0.0640. The first-order chi connectivity index (χ1) is 10.4. The van der Waals surface area contributed by atoms with E-state index in [-0.39, 0.29) is 30.7 Å². The predicted octanol–water partition coefficient (Wildman–Crippen LogP) is 2.25. The second-order valence-corrected chi connectivity index (χ2v) is 5.89. The van der Waals surface area contributed by atoms with E-state index in [0.717, 1.165) is 31.7 Å². The van der Waals surface area contributed by atoms with Crippen LogP contribution in [-0.2, 0) is 15.1 Å². The van der Waals surface area contributed by atoms with Crippen molar-refractivity contribution < 1.29 is 23.4 Å². The predicted molar refractivity (Wildman–Crippen MR) is 77.1 cm³/mol. The van der Waals surface area contributed by atoms with E-state index in [4.69, 9.17) is 4.74 Å². The van der Waals surface area contributed by atoms with Crippen LogP contribution in [0.1, 0.15) is 38.2 Å². The Morgan fingerprint density at radius 2 is 2.09 bits per heavy atom. The van der Waals surface area contributed by atoms with E-state index >= 15 is 0 Å². The first kappa shape index (κ1) is 16.8. The van der Waals surface area contributed by atoms with Gasteiger partial charge in [0.25, 0.3) is 0 Å². The van der Waals surface area contributed by atoms with Gasteiger partial charge in [-0.1, -0.05) is 18.9 Å². The lowest BCUT2D eigenvalue weighted by atomic mass is 9.95. The normalized spacial score (nSPS) is 18.2. The summed E-state index contributed by atoms with van der Waals surface area (Å²) in [4.78, 5) is 11.7. The molecule has 2 N–H and O–H groups in total. The molecule has 4 nitrogen and oxygen atoms in total. The topological polar surface area (TPSA) is 58.6 Å². The number of rotatable bonds is 6. The number of hydrogen-bond acceptors (Lipinski definition) is 3. The molecule has 2 rings (SSSR count). The van der Waals surface area contributed by atoms with Gasteiger partial charge in [0.15, 0.2) is 0 Å². The van der Waals surface area contributed by atoms with Gasteiger partial charge < -0.3 is 15.2 Å². The van der Waals surface area contributed by atoms with Gasteiger partial charge in [-0.15, -0.1) is 0 Å². The van der Waals surface area contributed by atoms with Gasteiger partial charge in [-0.05, 0) is 25.8 Å². The third-order valence-electron chi connectivity index (χ3n) is 3.89. The molecule has 122 valence electrons. The van der Waals surface area contributed by atoms with E-state index in [1.165, 1.54) is 13.0 Å². The molecule has 1 amide bonds. The molecular weight excluding hydrogens is 292 g/mol. The van der Waals surface area contributed by atoms with E-state index in [2.05, 4.69) is 5.32 Å². The lowest BCUT2D eigenvalue weighted by Crippen LogP contribution is -2.41. The van der Waals surface area contributed by atoms with Crippen molar-refractivity contribution in [2.45, 2.75) is 44.3 Å². The fourth-order valence-corrected chi connectivity index (χ4v) is 2.59. The Kier molecular flexibility index (Phi) is 5.47. The minimum Gasteiger partial charge on any atom is -0.383 e. The third-order valence-corrected chi connectivity index (χ3v) is 3.89. The summed E-state index contributed by atoms with van der Waals surface area (Å²) >= 11 is 0. The third kappa shape index (κ3) is 4.48. The molecule has 6 heteroatoms. The highest BCUT2D eigenvalue weighted by atomic mass is 19.1. The number of nitrogens with one attached hydrogen (secondary N) is 1. The maximum absolute atomic E-state index is 13.7. The van der Waals surface area contributed by atoms with Crippen LogP contribution in [0, 0.1) is 11.6 Å². The summed E-state index contributed by atoms with van der Waals surface area (Å²) < 4.78 is 32.0. The van der Waals surface area contributed by atoms with Crippen LogP contribution >= 0.6 is 0 Å². The molecule has 0 heterocycles. The van der Waals surface area contributed by atoms with E-state index < -0.39 is 17.2 Å². The summed E-state index contributed by atoms with van der Waals surface area (Å²) in [6.07, 6.45) is 4.29. The zero-order valence-corrected chi connectivity index (χ0v) is 12.6. The molecular formula is C16H21F2NO3. The summed E-state index contributed by atoms with van der Waals surface area (Å²) in [5, 5.41) is 12.8. The fraction of sp³-hybridized carbons (Fsp3) is 0.562. The summed E-state index contributed by atoms with van der Waals surface area (Å²) in [5.74, 6) is -1.93. The Labute approximate surface area is 128 Å². The molecule has 0 aliphatic heterocycles. The molecule has 1 aromatic rings. The number of amides is 1. The van der Waals surface area contributed by atoms with Gasteiger partial charge >= 0.3 is 0 Å². The number of benzene rings is 1. The highest BCUT2D eigenvalue weighted by molar-refractivity contribution is 5.77. The van der Waals surface area contributed by atoms with E-state index in [1.807, 2.05) is 0 Å². The zero-order valence-electron chi connectivity index (χ0n) is 12.6. The number of carbonyl (C=O) groups excluding carboxylic acids is 1. The van der Waals surface area contributed by atoms with Crippen molar-refractivity contribution >= 4 is 5.91 Å². The number of halogens is 2. The Balaban J connectivity index is 1.84. The molecule has 0 aromatic heterocycles. The van der Waals surface area contributed by atoms with Crippen LogP contribution in [0.4, 0.5) is 8.78 Å². The van der Waals surface area contributed by atoms with Crippen molar-refractivity contribution in [3.8, 4) is 0 Å². The molecule has 0 spiro atoms. The van der Waals surface area contributed by atoms with Crippen molar-refractivity contribution in [1.29, 1.82) is 0 Å². The molecule has 0 radical (unpaired) electrons. The van der Waals surface area contributed by atoms with Crippen molar-refractivity contribution in [1.82, 2.24) is 5.32 Å². The van der Waals surface area contributed by atoms with Crippen molar-refractivity contribution in [3.63, 3.8) is 0 Å². The van der Waals surface area contributed by atoms with Gasteiger partial charge in [0, 0.05) is 11.6 Å². The molecule has 0 saturated heterocycles. The van der Waals surface area contributed by atoms with Crippen LogP contribution in [0.3, 0.4) is 0 Å². The largest absolute Gasteiger partial charge is 0.383 e. The fourth-order valence-electron chi connectivity index (χ4n) is 2.59. The summed E-state index contributed by atoms with van der Waals surface area (Å²) in [5.41, 5.74) is -1.69. The Bertz CT molecular complexity index is 528. The summed E-state index contributed by atoms with van der Waals surface area (Å²) in [6, 6.07) is 2.94. The molecule has 1 aromatic carbocycles. The van der Waals surface area contributed by atoms with Gasteiger partial charge in [0.2, 0.25) is 5.91 Å². The molecule has 1 fully saturated rings. The molecule has 1 aliphatic rings. The molecule has 0 unspecified atom stereocenters. The Hall–Kier alpha value is -1.53. The molecule has 22 heavy (non-hydrogen) atoms. The van der Waals surface area contributed by atoms with Gasteiger partial charge in [0.05, 0.1) is 12.6 Å². The quantitative estimate of drug-likeness (QED) is 0.847. The lowest BCUT2D eigenvalue weighted by Gasteiger charge is -2.25. The van der Waals surface area contributed by atoms with Gasteiger partial charge in [-0.2, -0.15) is 0 Å². The average molecular weight is 313 g/mol. The van der Waals surface area contributed by atoms with Crippen molar-refractivity contribution in [2.24, 2.45) is 0 Å². The van der Waals surface area contributed by atoms with Gasteiger partial charge in [-0.3, -0.25) is 4.79 Å². The van der Waals surface area contributed by atoms with Crippen molar-refractivity contribution in [2.75, 3.05) is 13.2 Å². The first-order valence-corrected chi connectivity index (χ1v) is 7.45. The smallest absolute Gasteiger partial charge is 0.246 e. The SMILES string of the molecule is C[C@](O)(CNC(=O)COC1CCCC1)c1ccc(F)cc1F. The summed E-state index contributed by atoms with van der Waals surface area (Å²) in [7, 11) is 0. The second kappa shape index (κ2) is 7.15. The zero-order chi connectivity index (χ0) is 16.2. The molecule has 1 atom stereocenters. The van der Waals surface area contributed by atoms with Crippen LogP contribution in [0.15, 0.2) is 18.2 Å². The van der Waals surface area contributed by atoms with Crippen LogP contribution in [0.5, 0.6) is 0 Å². The maximum Gasteiger partial charge on any atom is 0.246 e. The van der Waals surface area contributed by atoms with Crippen LogP contribution in [0.25, 0.3) is 0 Å². The van der Waals surface area contributed by atoms with Crippen LogP contribution in [0.2, 0.25) is 0 Å². The van der Waals surface area contributed by atoms with Crippen LogP contribution < -0.4 is 5.32 Å². The molecule has 1 saturated carbocycles. The number of hydrogen-bond donors (Lipinski definition) is 2. The van der Waals surface area contributed by atoms with E-state index in [1.54, 1.807) is 0 Å². The van der Waals surface area contributed by atoms with Crippen molar-refractivity contribution in [3.05, 3.63) is 35.4 Å². The lowest BCUT2D eigenvalue weighted by molar-refractivity contribution is -0.128. The maximum atomic E-state index is 13.7. The van der Waals surface area contributed by atoms with Gasteiger partial charge in [-0.25, -0.2) is 8.78 Å². The molecule has 1 aliphatic carbocycles. The van der Waals surface area contributed by atoms with Crippen LogP contribution in [-0.4, -0.2) is 30.3 Å². The van der Waals surface area contributed by atoms with E-state index in [0.29, 0.717) is 6.07 Å². The highest BCUT2D eigenvalue weighted by Gasteiger charge is 2.27. The Morgan fingerprint density at radius 1 is 1.41 bits per heavy atom. The Morgan fingerprint density at radius 3 is 2.73 bits per heavy atom. The second-order valence-electron chi connectivity index (χ2n) is 5.89.